The van der Waals surface area contributed by atoms with Crippen LogP contribution in [0.3, 0.4) is 0 Å². The Morgan fingerprint density at radius 1 is 1.24 bits per heavy atom. The number of nitrogens with one attached hydrogen (secondary N) is 1. The van der Waals surface area contributed by atoms with Gasteiger partial charge < -0.3 is 10.1 Å². The van der Waals surface area contributed by atoms with Gasteiger partial charge in [0.25, 0.3) is 5.91 Å². The zero-order valence-electron chi connectivity index (χ0n) is 12.0. The molecule has 1 atom stereocenters. The number of carbonyl (C=O) groups excluding carboxylic acids is 1. The van der Waals surface area contributed by atoms with Crippen LogP contribution in [0.2, 0.25) is 0 Å². The standard InChI is InChI=1S/C16H21NO2S2/c18-15(17-8-7-14-2-1-9-19-14)12-3-5-13(6-4-12)16-20-10-11-21-16/h3-6,14,16H,1-2,7-11H2,(H,17,18). The Morgan fingerprint density at radius 2 is 2.00 bits per heavy atom. The molecule has 2 aliphatic heterocycles. The van der Waals surface area contributed by atoms with Crippen molar-refractivity contribution in [3.05, 3.63) is 35.4 Å². The number of hydrogen-bond acceptors (Lipinski definition) is 4. The number of hydrogen-bond donors (Lipinski definition) is 1. The van der Waals surface area contributed by atoms with Crippen LogP contribution in [0.15, 0.2) is 24.3 Å². The van der Waals surface area contributed by atoms with Gasteiger partial charge >= 0.3 is 0 Å². The summed E-state index contributed by atoms with van der Waals surface area (Å²) in [6.45, 7) is 1.57. The van der Waals surface area contributed by atoms with E-state index < -0.39 is 0 Å². The van der Waals surface area contributed by atoms with E-state index in [2.05, 4.69) is 17.4 Å². The minimum Gasteiger partial charge on any atom is -0.378 e. The number of benzene rings is 1. The van der Waals surface area contributed by atoms with Gasteiger partial charge in [0.05, 0.1) is 10.7 Å². The fourth-order valence-corrected chi connectivity index (χ4v) is 5.52. The van der Waals surface area contributed by atoms with E-state index in [1.165, 1.54) is 17.1 Å². The Hall–Kier alpha value is -0.650. The van der Waals surface area contributed by atoms with Gasteiger partial charge in [0.15, 0.2) is 0 Å². The molecular formula is C16H21NO2S2. The summed E-state index contributed by atoms with van der Waals surface area (Å²) in [5.74, 6) is 2.47. The molecule has 0 bridgehead atoms. The zero-order valence-corrected chi connectivity index (χ0v) is 13.7. The molecule has 0 radical (unpaired) electrons. The summed E-state index contributed by atoms with van der Waals surface area (Å²) < 4.78 is 6.10. The van der Waals surface area contributed by atoms with Gasteiger partial charge in [0.2, 0.25) is 0 Å². The number of amides is 1. The molecule has 2 fully saturated rings. The van der Waals surface area contributed by atoms with E-state index >= 15 is 0 Å². The van der Waals surface area contributed by atoms with E-state index in [1.807, 2.05) is 35.7 Å². The molecule has 0 spiro atoms. The molecule has 2 aliphatic rings. The van der Waals surface area contributed by atoms with Crippen molar-refractivity contribution in [1.29, 1.82) is 0 Å². The average Bonchev–Trinajstić information content (AvgIpc) is 3.21. The Kier molecular flexibility index (Phi) is 5.49. The number of rotatable bonds is 5. The second kappa shape index (κ2) is 7.56. The molecule has 1 unspecified atom stereocenters. The van der Waals surface area contributed by atoms with E-state index in [0.29, 0.717) is 17.2 Å². The fourth-order valence-electron chi connectivity index (χ4n) is 2.66. The minimum absolute atomic E-state index is 0.0197. The van der Waals surface area contributed by atoms with Crippen molar-refractivity contribution >= 4 is 29.4 Å². The van der Waals surface area contributed by atoms with Gasteiger partial charge in [-0.05, 0) is 37.0 Å². The van der Waals surface area contributed by atoms with Gasteiger partial charge in [-0.25, -0.2) is 0 Å². The van der Waals surface area contributed by atoms with Gasteiger partial charge in [-0.1, -0.05) is 12.1 Å². The van der Waals surface area contributed by atoms with Crippen LogP contribution < -0.4 is 5.32 Å². The maximum atomic E-state index is 12.1. The van der Waals surface area contributed by atoms with Crippen LogP contribution in [-0.4, -0.2) is 36.7 Å². The highest BCUT2D eigenvalue weighted by atomic mass is 32.2. The molecule has 5 heteroatoms. The summed E-state index contributed by atoms with van der Waals surface area (Å²) >= 11 is 3.97. The van der Waals surface area contributed by atoms with Crippen molar-refractivity contribution in [2.24, 2.45) is 0 Å². The van der Waals surface area contributed by atoms with E-state index in [4.69, 9.17) is 4.74 Å². The van der Waals surface area contributed by atoms with Crippen LogP contribution >= 0.6 is 23.5 Å². The topological polar surface area (TPSA) is 38.3 Å². The Bertz CT molecular complexity index is 466. The molecule has 1 N–H and O–H groups in total. The predicted molar refractivity (Wildman–Crippen MR) is 90.0 cm³/mol. The maximum Gasteiger partial charge on any atom is 0.251 e. The predicted octanol–water partition coefficient (Wildman–Crippen LogP) is 3.46. The normalized spacial score (nSPS) is 22.6. The molecule has 0 aliphatic carbocycles. The lowest BCUT2D eigenvalue weighted by atomic mass is 10.1. The number of ether oxygens (including phenoxy) is 1. The summed E-state index contributed by atoms with van der Waals surface area (Å²) in [5.41, 5.74) is 2.07. The smallest absolute Gasteiger partial charge is 0.251 e. The lowest BCUT2D eigenvalue weighted by molar-refractivity contribution is 0.0907. The van der Waals surface area contributed by atoms with E-state index in [0.717, 1.165) is 31.4 Å². The van der Waals surface area contributed by atoms with Gasteiger partial charge in [-0.2, -0.15) is 0 Å². The largest absolute Gasteiger partial charge is 0.378 e. The van der Waals surface area contributed by atoms with Crippen molar-refractivity contribution < 1.29 is 9.53 Å². The number of carbonyl (C=O) groups is 1. The van der Waals surface area contributed by atoms with Crippen molar-refractivity contribution in [3.8, 4) is 0 Å². The highest BCUT2D eigenvalue weighted by Crippen LogP contribution is 2.45. The third-order valence-electron chi connectivity index (χ3n) is 3.84. The van der Waals surface area contributed by atoms with Crippen LogP contribution in [0.4, 0.5) is 0 Å². The first-order valence-corrected chi connectivity index (χ1v) is 9.65. The number of thioether (sulfide) groups is 2. The summed E-state index contributed by atoms with van der Waals surface area (Å²) in [6.07, 6.45) is 3.53. The minimum atomic E-state index is 0.0197. The molecule has 0 aromatic heterocycles. The molecule has 114 valence electrons. The molecule has 3 rings (SSSR count). The SMILES string of the molecule is O=C(NCCC1CCCO1)c1ccc(C2SCCS2)cc1. The van der Waals surface area contributed by atoms with Crippen LogP contribution in [0.25, 0.3) is 0 Å². The second-order valence-electron chi connectivity index (χ2n) is 5.38. The van der Waals surface area contributed by atoms with Crippen molar-refractivity contribution in [2.75, 3.05) is 24.7 Å². The first kappa shape index (κ1) is 15.3. The molecule has 1 aromatic rings. The van der Waals surface area contributed by atoms with Gasteiger partial charge in [-0.3, -0.25) is 4.79 Å². The maximum absolute atomic E-state index is 12.1. The van der Waals surface area contributed by atoms with Gasteiger partial charge in [0, 0.05) is 30.2 Å². The molecule has 1 aromatic carbocycles. The molecule has 2 heterocycles. The summed E-state index contributed by atoms with van der Waals surface area (Å²) in [5, 5.41) is 2.99. The summed E-state index contributed by atoms with van der Waals surface area (Å²) in [7, 11) is 0. The third kappa shape index (κ3) is 4.18. The molecule has 21 heavy (non-hydrogen) atoms. The Labute approximate surface area is 134 Å². The lowest BCUT2D eigenvalue weighted by Gasteiger charge is -2.11. The summed E-state index contributed by atoms with van der Waals surface area (Å²) in [6, 6.07) is 8.06. The molecule has 0 saturated carbocycles. The Balaban J connectivity index is 1.47. The molecule has 3 nitrogen and oxygen atoms in total. The lowest BCUT2D eigenvalue weighted by Crippen LogP contribution is -2.27. The average molecular weight is 323 g/mol. The quantitative estimate of drug-likeness (QED) is 0.900. The first-order valence-electron chi connectivity index (χ1n) is 7.56. The van der Waals surface area contributed by atoms with E-state index in [9.17, 15) is 4.79 Å². The van der Waals surface area contributed by atoms with Crippen molar-refractivity contribution in [1.82, 2.24) is 5.32 Å². The van der Waals surface area contributed by atoms with Crippen LogP contribution in [0.1, 0.15) is 39.8 Å². The molecule has 1 amide bonds. The van der Waals surface area contributed by atoms with Gasteiger partial charge in [-0.15, -0.1) is 23.5 Å². The third-order valence-corrected chi connectivity index (χ3v) is 6.95. The van der Waals surface area contributed by atoms with E-state index in [-0.39, 0.29) is 5.91 Å². The summed E-state index contributed by atoms with van der Waals surface area (Å²) in [4.78, 5) is 12.1. The first-order chi connectivity index (χ1) is 10.3. The van der Waals surface area contributed by atoms with Crippen LogP contribution in [-0.2, 0) is 4.74 Å². The van der Waals surface area contributed by atoms with E-state index in [1.54, 1.807) is 0 Å². The van der Waals surface area contributed by atoms with Gasteiger partial charge in [0.1, 0.15) is 0 Å². The molecular weight excluding hydrogens is 302 g/mol. The highest BCUT2D eigenvalue weighted by Gasteiger charge is 2.19. The van der Waals surface area contributed by atoms with Crippen LogP contribution in [0.5, 0.6) is 0 Å². The van der Waals surface area contributed by atoms with Crippen LogP contribution in [0, 0.1) is 0 Å². The zero-order chi connectivity index (χ0) is 14.5. The Morgan fingerprint density at radius 3 is 2.67 bits per heavy atom. The highest BCUT2D eigenvalue weighted by molar-refractivity contribution is 8.19. The molecule has 2 saturated heterocycles. The van der Waals surface area contributed by atoms with Crippen molar-refractivity contribution in [2.45, 2.75) is 29.9 Å². The fraction of sp³-hybridized carbons (Fsp3) is 0.562. The second-order valence-corrected chi connectivity index (χ2v) is 8.10. The monoisotopic (exact) mass is 323 g/mol. The van der Waals surface area contributed by atoms with Crippen molar-refractivity contribution in [3.63, 3.8) is 0 Å².